The molecule has 7 nitrogen and oxygen atoms in total. The van der Waals surface area contributed by atoms with E-state index in [4.69, 9.17) is 15.4 Å². The first-order valence-electron chi connectivity index (χ1n) is 4.33. The molecule has 0 aromatic carbocycles. The zero-order valence-electron chi connectivity index (χ0n) is 8.54. The smallest absolute Gasteiger partial charge is 0.286 e. The molecule has 0 aliphatic rings. The van der Waals surface area contributed by atoms with Crippen molar-refractivity contribution in [2.24, 2.45) is 11.7 Å². The molecular formula is C7H16N2O5S. The Kier molecular flexibility index (Phi) is 5.15. The van der Waals surface area contributed by atoms with Gasteiger partial charge in [-0.25, -0.2) is 0 Å². The van der Waals surface area contributed by atoms with E-state index in [1.165, 1.54) is 13.8 Å². The van der Waals surface area contributed by atoms with Gasteiger partial charge in [0.1, 0.15) is 6.04 Å². The fourth-order valence-corrected chi connectivity index (χ4v) is 1.87. The highest BCUT2D eigenvalue weighted by atomic mass is 32.2. The normalized spacial score (nSPS) is 16.1. The number of aliphatic hydroxyl groups excluding tert-OH is 1. The van der Waals surface area contributed by atoms with Crippen LogP contribution in [0, 0.1) is 5.92 Å². The molecule has 90 valence electrons. The lowest BCUT2D eigenvalue weighted by molar-refractivity contribution is -0.123. The Bertz CT molecular complexity index is 313. The van der Waals surface area contributed by atoms with E-state index in [-0.39, 0.29) is 0 Å². The van der Waals surface area contributed by atoms with E-state index < -0.39 is 40.0 Å². The summed E-state index contributed by atoms with van der Waals surface area (Å²) in [7, 11) is -4.37. The maximum Gasteiger partial charge on any atom is 0.286 e. The molecule has 0 bridgehead atoms. The highest BCUT2D eigenvalue weighted by molar-refractivity contribution is 7.86. The quantitative estimate of drug-likeness (QED) is 0.423. The van der Waals surface area contributed by atoms with Crippen molar-refractivity contribution in [3.63, 3.8) is 0 Å². The van der Waals surface area contributed by atoms with E-state index in [9.17, 15) is 13.2 Å². The Balaban J connectivity index is 4.66. The molecule has 0 saturated heterocycles. The molecular weight excluding hydrogens is 224 g/mol. The van der Waals surface area contributed by atoms with Gasteiger partial charge in [-0.05, 0) is 5.92 Å². The molecule has 0 radical (unpaired) electrons. The van der Waals surface area contributed by atoms with Crippen LogP contribution in [0.1, 0.15) is 13.8 Å². The Hall–Kier alpha value is -0.700. The third-order valence-electron chi connectivity index (χ3n) is 1.74. The van der Waals surface area contributed by atoms with Crippen molar-refractivity contribution in [1.82, 2.24) is 5.32 Å². The summed E-state index contributed by atoms with van der Waals surface area (Å²) >= 11 is 0. The molecule has 0 heterocycles. The number of carbonyl (C=O) groups is 1. The Morgan fingerprint density at radius 2 is 1.93 bits per heavy atom. The van der Waals surface area contributed by atoms with Gasteiger partial charge in [0, 0.05) is 0 Å². The first-order chi connectivity index (χ1) is 6.70. The van der Waals surface area contributed by atoms with Crippen LogP contribution >= 0.6 is 0 Å². The minimum Gasteiger partial charge on any atom is -0.394 e. The van der Waals surface area contributed by atoms with Gasteiger partial charge in [0.25, 0.3) is 10.1 Å². The molecule has 15 heavy (non-hydrogen) atoms. The van der Waals surface area contributed by atoms with Crippen LogP contribution in [0.15, 0.2) is 0 Å². The number of nitrogens with two attached hydrogens (primary N) is 1. The van der Waals surface area contributed by atoms with Crippen molar-refractivity contribution in [2.75, 3.05) is 6.61 Å². The fraction of sp³-hybridized carbons (Fsp3) is 0.857. The van der Waals surface area contributed by atoms with Crippen molar-refractivity contribution in [3.8, 4) is 0 Å². The molecule has 8 heteroatoms. The van der Waals surface area contributed by atoms with Crippen LogP contribution in [0.3, 0.4) is 0 Å². The van der Waals surface area contributed by atoms with Gasteiger partial charge in [-0.15, -0.1) is 0 Å². The molecule has 1 unspecified atom stereocenters. The maximum absolute atomic E-state index is 11.2. The third kappa shape index (κ3) is 4.56. The molecule has 5 N–H and O–H groups in total. The molecule has 0 saturated carbocycles. The Labute approximate surface area is 88.4 Å². The average Bonchev–Trinajstić information content (AvgIpc) is 2.09. The van der Waals surface area contributed by atoms with E-state index in [0.717, 1.165) is 0 Å². The zero-order valence-corrected chi connectivity index (χ0v) is 9.36. The summed E-state index contributed by atoms with van der Waals surface area (Å²) in [6.07, 6.45) is 0. The lowest BCUT2D eigenvalue weighted by Crippen LogP contribution is -2.51. The molecule has 0 aliphatic carbocycles. The predicted octanol–water partition coefficient (Wildman–Crippen LogP) is -1.71. The first-order valence-corrected chi connectivity index (χ1v) is 5.83. The Morgan fingerprint density at radius 3 is 2.20 bits per heavy atom. The summed E-state index contributed by atoms with van der Waals surface area (Å²) in [4.78, 5) is 11.2. The second-order valence-electron chi connectivity index (χ2n) is 3.48. The van der Waals surface area contributed by atoms with Gasteiger partial charge in [0.15, 0.2) is 5.37 Å². The lowest BCUT2D eigenvalue weighted by Gasteiger charge is -2.20. The molecule has 2 atom stereocenters. The van der Waals surface area contributed by atoms with Gasteiger partial charge >= 0.3 is 0 Å². The van der Waals surface area contributed by atoms with Crippen LogP contribution in [0.2, 0.25) is 0 Å². The van der Waals surface area contributed by atoms with Crippen LogP contribution in [0.5, 0.6) is 0 Å². The van der Waals surface area contributed by atoms with E-state index in [1.807, 2.05) is 5.32 Å². The lowest BCUT2D eigenvalue weighted by atomic mass is 10.2. The minimum atomic E-state index is -4.37. The van der Waals surface area contributed by atoms with Gasteiger partial charge in [0.2, 0.25) is 5.91 Å². The summed E-state index contributed by atoms with van der Waals surface area (Å²) in [5.74, 6) is -1.33. The van der Waals surface area contributed by atoms with Crippen LogP contribution in [0.4, 0.5) is 0 Å². The fourth-order valence-electron chi connectivity index (χ4n) is 0.915. The summed E-state index contributed by atoms with van der Waals surface area (Å²) in [6.45, 7) is 2.44. The summed E-state index contributed by atoms with van der Waals surface area (Å²) in [5.41, 5.74) is 5.17. The second-order valence-corrected chi connectivity index (χ2v) is 5.02. The number of carbonyl (C=O) groups excluding carboxylic acids is 1. The van der Waals surface area contributed by atoms with Crippen LogP contribution in [-0.4, -0.2) is 42.0 Å². The molecule has 1 amide bonds. The van der Waals surface area contributed by atoms with Gasteiger partial charge in [-0.2, -0.15) is 8.42 Å². The number of nitrogens with one attached hydrogen (secondary N) is 1. The van der Waals surface area contributed by atoms with Crippen molar-refractivity contribution in [3.05, 3.63) is 0 Å². The van der Waals surface area contributed by atoms with Crippen LogP contribution < -0.4 is 11.1 Å². The molecule has 0 fully saturated rings. The van der Waals surface area contributed by atoms with Crippen molar-refractivity contribution >= 4 is 16.0 Å². The molecule has 0 spiro atoms. The van der Waals surface area contributed by atoms with Crippen molar-refractivity contribution < 1.29 is 22.9 Å². The summed E-state index contributed by atoms with van der Waals surface area (Å²) in [5, 5.41) is 9.19. The van der Waals surface area contributed by atoms with E-state index in [2.05, 4.69) is 0 Å². The van der Waals surface area contributed by atoms with E-state index >= 15 is 0 Å². The molecule has 0 aromatic heterocycles. The third-order valence-corrected chi connectivity index (χ3v) is 3.05. The summed E-state index contributed by atoms with van der Waals surface area (Å²) < 4.78 is 30.5. The average molecular weight is 240 g/mol. The van der Waals surface area contributed by atoms with Crippen LogP contribution in [0.25, 0.3) is 0 Å². The molecule has 0 aromatic rings. The molecule has 0 rings (SSSR count). The predicted molar refractivity (Wildman–Crippen MR) is 53.4 cm³/mol. The number of rotatable bonds is 5. The van der Waals surface area contributed by atoms with Gasteiger partial charge in [0.05, 0.1) is 6.61 Å². The SMILES string of the molecule is CC(C)C(NC(=O)[C@@H](N)CO)S(=O)(=O)O. The van der Waals surface area contributed by atoms with Gasteiger partial charge in [-0.1, -0.05) is 13.8 Å². The zero-order chi connectivity index (χ0) is 12.2. The highest BCUT2D eigenvalue weighted by Crippen LogP contribution is 2.07. The summed E-state index contributed by atoms with van der Waals surface area (Å²) in [6, 6.07) is -1.20. The van der Waals surface area contributed by atoms with Gasteiger partial charge < -0.3 is 16.2 Å². The van der Waals surface area contributed by atoms with Crippen molar-refractivity contribution in [2.45, 2.75) is 25.3 Å². The number of aliphatic hydroxyl groups is 1. The monoisotopic (exact) mass is 240 g/mol. The van der Waals surface area contributed by atoms with Crippen LogP contribution in [-0.2, 0) is 14.9 Å². The van der Waals surface area contributed by atoms with Gasteiger partial charge in [-0.3, -0.25) is 9.35 Å². The van der Waals surface area contributed by atoms with E-state index in [0.29, 0.717) is 0 Å². The largest absolute Gasteiger partial charge is 0.394 e. The Morgan fingerprint density at radius 1 is 1.47 bits per heavy atom. The first kappa shape index (κ1) is 14.3. The number of hydrogen-bond donors (Lipinski definition) is 4. The number of hydrogen-bond acceptors (Lipinski definition) is 5. The number of amides is 1. The van der Waals surface area contributed by atoms with E-state index in [1.54, 1.807) is 0 Å². The second kappa shape index (κ2) is 5.40. The standard InChI is InChI=1S/C7H16N2O5S/c1-4(2)7(15(12,13)14)9-6(11)5(8)3-10/h4-5,7,10H,3,8H2,1-2H3,(H,9,11)(H,12,13,14)/t5-,7?/m0/s1. The minimum absolute atomic E-state index is 0.505. The maximum atomic E-state index is 11.2. The highest BCUT2D eigenvalue weighted by Gasteiger charge is 2.29. The topological polar surface area (TPSA) is 130 Å². The van der Waals surface area contributed by atoms with Crippen molar-refractivity contribution in [1.29, 1.82) is 0 Å². The molecule has 0 aliphatic heterocycles.